The highest BCUT2D eigenvalue weighted by atomic mass is 16.5. The van der Waals surface area contributed by atoms with Crippen LogP contribution in [0.2, 0.25) is 0 Å². The third-order valence-electron chi connectivity index (χ3n) is 7.78. The average Bonchev–Trinajstić information content (AvgIpc) is 3.49. The quantitative estimate of drug-likeness (QED) is 0.667. The smallest absolute Gasteiger partial charge is 0.228 e. The first kappa shape index (κ1) is 20.1. The molecule has 1 amide bonds. The Morgan fingerprint density at radius 2 is 1.91 bits per heavy atom. The largest absolute Gasteiger partial charge is 0.494 e. The van der Waals surface area contributed by atoms with E-state index in [1.165, 1.54) is 30.5 Å². The van der Waals surface area contributed by atoms with Crippen molar-refractivity contribution in [1.29, 1.82) is 0 Å². The summed E-state index contributed by atoms with van der Waals surface area (Å²) in [4.78, 5) is 17.1. The molecule has 1 saturated carbocycles. The van der Waals surface area contributed by atoms with Gasteiger partial charge in [0.15, 0.2) is 0 Å². The van der Waals surface area contributed by atoms with Crippen LogP contribution in [-0.2, 0) is 17.6 Å². The molecule has 32 heavy (non-hydrogen) atoms. The van der Waals surface area contributed by atoms with E-state index in [0.29, 0.717) is 5.92 Å². The molecular weight excluding hydrogens is 398 g/mol. The van der Waals surface area contributed by atoms with E-state index in [9.17, 15) is 4.79 Å². The molecule has 5 heteroatoms. The lowest BCUT2D eigenvalue weighted by atomic mass is 10.0. The van der Waals surface area contributed by atoms with Gasteiger partial charge in [0.1, 0.15) is 5.75 Å². The number of nitrogens with zero attached hydrogens (tertiary/aromatic N) is 2. The van der Waals surface area contributed by atoms with Crippen molar-refractivity contribution >= 4 is 17.3 Å². The molecule has 168 valence electrons. The summed E-state index contributed by atoms with van der Waals surface area (Å²) in [6.07, 6.45) is 7.04. The van der Waals surface area contributed by atoms with Crippen LogP contribution in [0, 0.1) is 5.92 Å². The van der Waals surface area contributed by atoms with Gasteiger partial charge in [-0.1, -0.05) is 18.2 Å². The second kappa shape index (κ2) is 8.43. The van der Waals surface area contributed by atoms with E-state index in [1.807, 2.05) is 6.07 Å². The number of carbonyl (C=O) groups excluding carboxylic acids is 1. The topological polar surface area (TPSA) is 44.8 Å². The van der Waals surface area contributed by atoms with E-state index >= 15 is 0 Å². The van der Waals surface area contributed by atoms with E-state index in [2.05, 4.69) is 45.4 Å². The van der Waals surface area contributed by atoms with Crippen LogP contribution < -0.4 is 15.0 Å². The van der Waals surface area contributed by atoms with E-state index in [-0.39, 0.29) is 11.8 Å². The summed E-state index contributed by atoms with van der Waals surface area (Å²) in [5.41, 5.74) is 6.90. The number of unbranched alkanes of at least 4 members (excludes halogenated alkanes) is 1. The molecule has 2 aliphatic carbocycles. The van der Waals surface area contributed by atoms with Crippen molar-refractivity contribution in [3.63, 3.8) is 0 Å². The monoisotopic (exact) mass is 431 g/mol. The number of carbonyl (C=O) groups is 1. The number of ether oxygens (including phenoxy) is 1. The molecule has 5 nitrogen and oxygen atoms in total. The second-order valence-corrected chi connectivity index (χ2v) is 9.84. The predicted octanol–water partition coefficient (Wildman–Crippen LogP) is 4.21. The Labute approximate surface area is 190 Å². The maximum atomic E-state index is 12.0. The van der Waals surface area contributed by atoms with Crippen LogP contribution in [0.1, 0.15) is 48.3 Å². The Bertz CT molecular complexity index is 1010. The molecule has 0 aromatic heterocycles. The van der Waals surface area contributed by atoms with Crippen molar-refractivity contribution in [1.82, 2.24) is 4.90 Å². The van der Waals surface area contributed by atoms with Crippen molar-refractivity contribution in [2.75, 3.05) is 49.5 Å². The van der Waals surface area contributed by atoms with Crippen molar-refractivity contribution in [3.05, 3.63) is 53.1 Å². The second-order valence-electron chi connectivity index (χ2n) is 9.84. The third kappa shape index (κ3) is 3.88. The number of hydrogen-bond donors (Lipinski definition) is 1. The van der Waals surface area contributed by atoms with Crippen molar-refractivity contribution in [3.8, 4) is 5.75 Å². The fraction of sp³-hybridized carbons (Fsp3) is 0.519. The fourth-order valence-corrected chi connectivity index (χ4v) is 5.85. The molecular formula is C27H33N3O2. The van der Waals surface area contributed by atoms with Gasteiger partial charge < -0.3 is 15.0 Å². The molecule has 0 radical (unpaired) electrons. The number of amides is 1. The molecule has 2 aromatic rings. The number of aryl methyl sites for hydroxylation is 1. The van der Waals surface area contributed by atoms with Crippen LogP contribution in [0.3, 0.4) is 0 Å². The standard InChI is InChI=1S/C27H33N3O2/c31-27-24-18-23(24)22-10-9-20(17-25(22)28-27)32-16-2-1-11-29-12-14-30(15-13-29)26-8-4-6-19-5-3-7-21(19)26/h4,6,8-10,17,23-24H,1-3,5,7,11-16,18H2,(H,28,31)/t23-,24-/m1/s1. The number of benzene rings is 2. The molecule has 2 heterocycles. The first-order valence-corrected chi connectivity index (χ1v) is 12.4. The lowest BCUT2D eigenvalue weighted by Crippen LogP contribution is -2.47. The molecule has 2 fully saturated rings. The van der Waals surface area contributed by atoms with Gasteiger partial charge in [-0.2, -0.15) is 0 Å². The number of anilines is 2. The summed E-state index contributed by atoms with van der Waals surface area (Å²) in [6, 6.07) is 13.1. The number of rotatable bonds is 7. The highest BCUT2D eigenvalue weighted by Gasteiger charge is 2.48. The van der Waals surface area contributed by atoms with Gasteiger partial charge in [0.05, 0.1) is 6.61 Å². The highest BCUT2D eigenvalue weighted by Crippen LogP contribution is 2.53. The summed E-state index contributed by atoms with van der Waals surface area (Å²) in [6.45, 7) is 6.45. The van der Waals surface area contributed by atoms with E-state index in [0.717, 1.165) is 70.0 Å². The van der Waals surface area contributed by atoms with Gasteiger partial charge in [-0.15, -0.1) is 0 Å². The lowest BCUT2D eigenvalue weighted by Gasteiger charge is -2.37. The molecule has 4 aliphatic rings. The Kier molecular flexibility index (Phi) is 5.30. The summed E-state index contributed by atoms with van der Waals surface area (Å²) in [7, 11) is 0. The molecule has 1 N–H and O–H groups in total. The number of hydrogen-bond acceptors (Lipinski definition) is 4. The molecule has 2 atom stereocenters. The van der Waals surface area contributed by atoms with Crippen LogP contribution in [0.15, 0.2) is 36.4 Å². The Hall–Kier alpha value is -2.53. The summed E-state index contributed by atoms with van der Waals surface area (Å²) in [5.74, 6) is 1.70. The zero-order valence-corrected chi connectivity index (χ0v) is 18.8. The van der Waals surface area contributed by atoms with E-state index in [4.69, 9.17) is 4.74 Å². The fourth-order valence-electron chi connectivity index (χ4n) is 5.85. The SMILES string of the molecule is O=C1Nc2cc(OCCCCN3CCN(c4cccc5c4CCC5)CC3)ccc2[C@H]2C[C@@H]12. The van der Waals surface area contributed by atoms with Gasteiger partial charge in [0, 0.05) is 49.5 Å². The van der Waals surface area contributed by atoms with Gasteiger partial charge in [-0.3, -0.25) is 9.69 Å². The van der Waals surface area contributed by atoms with Crippen LogP contribution >= 0.6 is 0 Å². The van der Waals surface area contributed by atoms with Gasteiger partial charge in [-0.25, -0.2) is 0 Å². The zero-order valence-electron chi connectivity index (χ0n) is 18.8. The highest BCUT2D eigenvalue weighted by molar-refractivity contribution is 5.99. The Balaban J connectivity index is 0.927. The first-order chi connectivity index (χ1) is 15.8. The maximum Gasteiger partial charge on any atom is 0.228 e. The van der Waals surface area contributed by atoms with Crippen LogP contribution in [0.5, 0.6) is 5.75 Å². The number of nitrogens with one attached hydrogen (secondary N) is 1. The van der Waals surface area contributed by atoms with Crippen LogP contribution in [0.4, 0.5) is 11.4 Å². The molecule has 0 unspecified atom stereocenters. The lowest BCUT2D eigenvalue weighted by molar-refractivity contribution is -0.117. The normalized spacial score (nSPS) is 23.9. The minimum Gasteiger partial charge on any atom is -0.494 e. The van der Waals surface area contributed by atoms with E-state index < -0.39 is 0 Å². The Morgan fingerprint density at radius 1 is 1.00 bits per heavy atom. The summed E-state index contributed by atoms with van der Waals surface area (Å²) < 4.78 is 5.99. The molecule has 0 spiro atoms. The van der Waals surface area contributed by atoms with Crippen LogP contribution in [0.25, 0.3) is 0 Å². The molecule has 1 saturated heterocycles. The first-order valence-electron chi connectivity index (χ1n) is 12.4. The maximum absolute atomic E-state index is 12.0. The molecule has 2 aliphatic heterocycles. The third-order valence-corrected chi connectivity index (χ3v) is 7.78. The minimum atomic E-state index is 0.177. The minimum absolute atomic E-state index is 0.177. The summed E-state index contributed by atoms with van der Waals surface area (Å²) >= 11 is 0. The number of piperazine rings is 1. The van der Waals surface area contributed by atoms with Crippen molar-refractivity contribution in [2.24, 2.45) is 5.92 Å². The average molecular weight is 432 g/mol. The molecule has 0 bridgehead atoms. The van der Waals surface area contributed by atoms with Gasteiger partial charge >= 0.3 is 0 Å². The van der Waals surface area contributed by atoms with Crippen molar-refractivity contribution in [2.45, 2.75) is 44.4 Å². The van der Waals surface area contributed by atoms with Crippen LogP contribution in [-0.4, -0.2) is 50.1 Å². The summed E-state index contributed by atoms with van der Waals surface area (Å²) in [5, 5.41) is 3.04. The molecule has 2 aromatic carbocycles. The predicted molar refractivity (Wildman–Crippen MR) is 128 cm³/mol. The Morgan fingerprint density at radius 3 is 2.81 bits per heavy atom. The van der Waals surface area contributed by atoms with Gasteiger partial charge in [0.25, 0.3) is 0 Å². The van der Waals surface area contributed by atoms with Gasteiger partial charge in [-0.05, 0) is 79.8 Å². The van der Waals surface area contributed by atoms with E-state index in [1.54, 1.807) is 11.1 Å². The van der Waals surface area contributed by atoms with Crippen molar-refractivity contribution < 1.29 is 9.53 Å². The molecule has 6 rings (SSSR count). The van der Waals surface area contributed by atoms with Gasteiger partial charge in [0.2, 0.25) is 5.91 Å². The zero-order chi connectivity index (χ0) is 21.5. The number of fused-ring (bicyclic) bond motifs is 4.